The summed E-state index contributed by atoms with van der Waals surface area (Å²) in [4.78, 5) is 27.2. The smallest absolute Gasteiger partial charge is 0.224 e. The van der Waals surface area contributed by atoms with Gasteiger partial charge in [0.1, 0.15) is 17.8 Å². The van der Waals surface area contributed by atoms with E-state index in [4.69, 9.17) is 9.47 Å². The predicted octanol–water partition coefficient (Wildman–Crippen LogP) is 0.889. The summed E-state index contributed by atoms with van der Waals surface area (Å²) in [5.74, 6) is -0.242. The van der Waals surface area contributed by atoms with Crippen molar-refractivity contribution < 1.29 is 19.4 Å². The summed E-state index contributed by atoms with van der Waals surface area (Å²) in [5, 5.41) is 9.90. The van der Waals surface area contributed by atoms with Crippen LogP contribution in [0.4, 0.5) is 0 Å². The van der Waals surface area contributed by atoms with Crippen LogP contribution in [-0.4, -0.2) is 60.8 Å². The molecule has 1 fully saturated rings. The summed E-state index contributed by atoms with van der Waals surface area (Å²) in [5.41, 5.74) is -0.0557. The van der Waals surface area contributed by atoms with Crippen LogP contribution >= 0.6 is 0 Å². The molecule has 1 N–H and O–H groups in total. The van der Waals surface area contributed by atoms with Crippen molar-refractivity contribution in [1.82, 2.24) is 9.47 Å². The number of ether oxygens (including phenoxy) is 2. The molecule has 3 rings (SSSR count). The molecule has 7 nitrogen and oxygen atoms in total. The highest BCUT2D eigenvalue weighted by molar-refractivity contribution is 5.98. The number of hydrogen-bond donors (Lipinski definition) is 1. The summed E-state index contributed by atoms with van der Waals surface area (Å²) in [6.45, 7) is 0.633. The van der Waals surface area contributed by atoms with Crippen LogP contribution in [0.25, 0.3) is 0 Å². The van der Waals surface area contributed by atoms with E-state index in [9.17, 15) is 14.7 Å². The topological polar surface area (TPSA) is 81.0 Å². The Morgan fingerprint density at radius 1 is 1.26 bits per heavy atom. The fourth-order valence-corrected chi connectivity index (χ4v) is 3.05. The first-order valence-corrected chi connectivity index (χ1v) is 8.76. The van der Waals surface area contributed by atoms with Gasteiger partial charge in [0.2, 0.25) is 5.43 Å². The Hall–Kier alpha value is -2.48. The molecule has 0 atom stereocenters. The zero-order valence-electron chi connectivity index (χ0n) is 15.6. The van der Waals surface area contributed by atoms with Crippen LogP contribution < -0.4 is 10.2 Å². The van der Waals surface area contributed by atoms with Gasteiger partial charge in [0.15, 0.2) is 11.5 Å². The molecule has 2 aromatic rings. The highest BCUT2D eigenvalue weighted by Gasteiger charge is 2.42. The molecule has 0 unspecified atom stereocenters. The van der Waals surface area contributed by atoms with E-state index < -0.39 is 5.54 Å². The molecule has 2 heterocycles. The average Bonchev–Trinajstić information content (AvgIpc) is 2.61. The number of benzene rings is 1. The molecule has 1 aliphatic heterocycles. The monoisotopic (exact) mass is 372 g/mol. The molecule has 0 radical (unpaired) electrons. The number of rotatable bonds is 8. The van der Waals surface area contributed by atoms with E-state index in [0.29, 0.717) is 0 Å². The molecule has 1 aromatic carbocycles. The second-order valence-electron chi connectivity index (χ2n) is 7.04. The fourth-order valence-electron chi connectivity index (χ4n) is 3.05. The van der Waals surface area contributed by atoms with Crippen molar-refractivity contribution >= 4 is 5.78 Å². The standard InChI is InChI=1S/C20H24N2O5/c1-21(2)10-17(25)18-19(27-11-15-6-4-3-5-7-15)16(24)8-9-22(18)20(12-23)13-26-14-20/h3-9,23H,10-14H2,1-2H3. The predicted molar refractivity (Wildman–Crippen MR) is 100 cm³/mol. The first-order chi connectivity index (χ1) is 13.0. The Balaban J connectivity index is 2.04. The lowest BCUT2D eigenvalue weighted by Crippen LogP contribution is -2.56. The van der Waals surface area contributed by atoms with Crippen molar-refractivity contribution in [3.05, 3.63) is 64.1 Å². The summed E-state index contributed by atoms with van der Waals surface area (Å²) >= 11 is 0. The van der Waals surface area contributed by atoms with Crippen molar-refractivity contribution in [3.63, 3.8) is 0 Å². The van der Waals surface area contributed by atoms with Crippen molar-refractivity contribution in [1.29, 1.82) is 0 Å². The quantitative estimate of drug-likeness (QED) is 0.693. The average molecular weight is 372 g/mol. The van der Waals surface area contributed by atoms with E-state index in [1.807, 2.05) is 30.3 Å². The van der Waals surface area contributed by atoms with Crippen LogP contribution in [-0.2, 0) is 16.9 Å². The number of hydrogen-bond acceptors (Lipinski definition) is 6. The lowest BCUT2D eigenvalue weighted by molar-refractivity contribution is -0.125. The molecular formula is C20H24N2O5. The molecule has 7 heteroatoms. The lowest BCUT2D eigenvalue weighted by Gasteiger charge is -2.43. The Morgan fingerprint density at radius 2 is 1.96 bits per heavy atom. The minimum atomic E-state index is -0.754. The maximum absolute atomic E-state index is 13.0. The van der Waals surface area contributed by atoms with Crippen LogP contribution in [0.1, 0.15) is 16.1 Å². The van der Waals surface area contributed by atoms with E-state index in [1.165, 1.54) is 6.07 Å². The minimum absolute atomic E-state index is 0.00734. The van der Waals surface area contributed by atoms with Gasteiger partial charge in [-0.25, -0.2) is 0 Å². The van der Waals surface area contributed by atoms with Gasteiger partial charge in [-0.15, -0.1) is 0 Å². The van der Waals surface area contributed by atoms with E-state index in [1.54, 1.807) is 29.8 Å². The van der Waals surface area contributed by atoms with Crippen LogP contribution in [0.2, 0.25) is 0 Å². The van der Waals surface area contributed by atoms with Crippen molar-refractivity contribution in [3.8, 4) is 5.75 Å². The van der Waals surface area contributed by atoms with Gasteiger partial charge in [-0.3, -0.25) is 9.59 Å². The van der Waals surface area contributed by atoms with Crippen molar-refractivity contribution in [2.75, 3.05) is 40.5 Å². The largest absolute Gasteiger partial charge is 0.483 e. The van der Waals surface area contributed by atoms with Gasteiger partial charge in [0, 0.05) is 12.3 Å². The highest BCUT2D eigenvalue weighted by atomic mass is 16.5. The number of carbonyl (C=O) groups is 1. The van der Waals surface area contributed by atoms with Gasteiger partial charge < -0.3 is 24.0 Å². The number of pyridine rings is 1. The first kappa shape index (κ1) is 19.3. The van der Waals surface area contributed by atoms with Crippen LogP contribution in [0.15, 0.2) is 47.4 Å². The van der Waals surface area contributed by atoms with E-state index in [0.717, 1.165) is 5.56 Å². The molecule has 0 amide bonds. The third-order valence-electron chi connectivity index (χ3n) is 4.55. The van der Waals surface area contributed by atoms with Gasteiger partial charge in [-0.1, -0.05) is 30.3 Å². The molecule has 144 valence electrons. The van der Waals surface area contributed by atoms with Gasteiger partial charge >= 0.3 is 0 Å². The molecule has 0 spiro atoms. The Labute approximate surface area is 157 Å². The van der Waals surface area contributed by atoms with Crippen molar-refractivity contribution in [2.45, 2.75) is 12.1 Å². The third-order valence-corrected chi connectivity index (χ3v) is 4.55. The highest BCUT2D eigenvalue weighted by Crippen LogP contribution is 2.30. The number of carbonyl (C=O) groups excluding carboxylic acids is 1. The van der Waals surface area contributed by atoms with Crippen LogP contribution in [0.3, 0.4) is 0 Å². The second-order valence-corrected chi connectivity index (χ2v) is 7.04. The maximum atomic E-state index is 13.0. The lowest BCUT2D eigenvalue weighted by atomic mass is 9.96. The third kappa shape index (κ3) is 3.95. The Bertz CT molecular complexity index is 851. The molecule has 1 aliphatic rings. The molecule has 1 aromatic heterocycles. The molecule has 27 heavy (non-hydrogen) atoms. The minimum Gasteiger partial charge on any atom is -0.483 e. The summed E-state index contributed by atoms with van der Waals surface area (Å²) < 4.78 is 12.7. The molecular weight excluding hydrogens is 348 g/mol. The summed E-state index contributed by atoms with van der Waals surface area (Å²) in [6, 6.07) is 10.8. The zero-order valence-corrected chi connectivity index (χ0v) is 15.6. The zero-order chi connectivity index (χ0) is 19.4. The number of ketones is 1. The first-order valence-electron chi connectivity index (χ1n) is 8.76. The Kier molecular flexibility index (Phi) is 5.74. The van der Waals surface area contributed by atoms with Crippen LogP contribution in [0.5, 0.6) is 5.75 Å². The number of aromatic nitrogens is 1. The number of aliphatic hydroxyl groups excluding tert-OH is 1. The number of likely N-dealkylation sites (N-methyl/N-ethyl adjacent to an activating group) is 1. The van der Waals surface area contributed by atoms with E-state index in [2.05, 4.69) is 0 Å². The van der Waals surface area contributed by atoms with Gasteiger partial charge in [-0.05, 0) is 19.7 Å². The van der Waals surface area contributed by atoms with E-state index >= 15 is 0 Å². The molecule has 0 saturated carbocycles. The summed E-state index contributed by atoms with van der Waals surface area (Å²) in [6.07, 6.45) is 1.54. The van der Waals surface area contributed by atoms with Gasteiger partial charge in [0.25, 0.3) is 0 Å². The fraction of sp³-hybridized carbons (Fsp3) is 0.400. The molecule has 0 aliphatic carbocycles. The van der Waals surface area contributed by atoms with Gasteiger partial charge in [-0.2, -0.15) is 0 Å². The van der Waals surface area contributed by atoms with E-state index in [-0.39, 0.29) is 55.6 Å². The molecule has 0 bridgehead atoms. The SMILES string of the molecule is CN(C)CC(=O)c1c(OCc2ccccc2)c(=O)ccn1C1(CO)COC1. The second kappa shape index (κ2) is 8.04. The normalized spacial score (nSPS) is 15.4. The number of aliphatic hydroxyl groups is 1. The van der Waals surface area contributed by atoms with Gasteiger partial charge in [0.05, 0.1) is 26.4 Å². The Morgan fingerprint density at radius 3 is 2.52 bits per heavy atom. The van der Waals surface area contributed by atoms with Crippen molar-refractivity contribution in [2.24, 2.45) is 0 Å². The van der Waals surface area contributed by atoms with Crippen LogP contribution in [0, 0.1) is 0 Å². The molecule has 1 saturated heterocycles. The maximum Gasteiger partial charge on any atom is 0.224 e. The number of nitrogens with zero attached hydrogens (tertiary/aromatic N) is 2. The summed E-state index contributed by atoms with van der Waals surface area (Å²) in [7, 11) is 3.56. The number of Topliss-reactive ketones (excluding diaryl/α,β-unsaturated/α-hetero) is 1.